The molecule has 0 bridgehead atoms. The number of carbonyl (C=O) groups excluding carboxylic acids is 1. The van der Waals surface area contributed by atoms with Crippen molar-refractivity contribution in [2.45, 2.75) is 20.3 Å². The van der Waals surface area contributed by atoms with E-state index < -0.39 is 0 Å². The highest BCUT2D eigenvalue weighted by molar-refractivity contribution is 5.92. The summed E-state index contributed by atoms with van der Waals surface area (Å²) >= 11 is 0. The molecule has 0 unspecified atom stereocenters. The van der Waals surface area contributed by atoms with Gasteiger partial charge in [-0.3, -0.25) is 4.79 Å². The van der Waals surface area contributed by atoms with Crippen LogP contribution in [0.4, 0.5) is 16.0 Å². The normalized spacial score (nSPS) is 10.5. The summed E-state index contributed by atoms with van der Waals surface area (Å²) in [5, 5.41) is 5.98. The predicted octanol–water partition coefficient (Wildman–Crippen LogP) is 3.95. The van der Waals surface area contributed by atoms with Crippen molar-refractivity contribution in [1.82, 2.24) is 15.3 Å². The number of hydrogen-bond acceptors (Lipinski definition) is 4. The first-order valence-electron chi connectivity index (χ1n) is 8.72. The van der Waals surface area contributed by atoms with E-state index in [2.05, 4.69) is 20.6 Å². The van der Waals surface area contributed by atoms with Gasteiger partial charge >= 0.3 is 0 Å². The summed E-state index contributed by atoms with van der Waals surface area (Å²) in [6.45, 7) is 4.49. The number of amides is 1. The van der Waals surface area contributed by atoms with Crippen LogP contribution in [-0.2, 0) is 6.42 Å². The molecule has 6 heteroatoms. The minimum absolute atomic E-state index is 0.271. The highest BCUT2D eigenvalue weighted by Crippen LogP contribution is 2.20. The number of halogens is 1. The van der Waals surface area contributed by atoms with E-state index in [1.54, 1.807) is 24.4 Å². The minimum atomic E-state index is -0.275. The van der Waals surface area contributed by atoms with Gasteiger partial charge in [-0.2, -0.15) is 0 Å². The highest BCUT2D eigenvalue weighted by Gasteiger charge is 2.09. The second kappa shape index (κ2) is 8.40. The van der Waals surface area contributed by atoms with Gasteiger partial charge in [-0.25, -0.2) is 14.4 Å². The fraction of sp³-hybridized carbons (Fsp3) is 0.190. The molecule has 1 amide bonds. The maximum absolute atomic E-state index is 12.9. The van der Waals surface area contributed by atoms with Crippen LogP contribution in [0.2, 0.25) is 0 Å². The van der Waals surface area contributed by atoms with E-state index in [4.69, 9.17) is 0 Å². The van der Waals surface area contributed by atoms with Gasteiger partial charge in [0.2, 0.25) is 5.95 Å². The number of anilines is 2. The first-order chi connectivity index (χ1) is 13.0. The molecule has 0 aliphatic heterocycles. The molecule has 1 heterocycles. The van der Waals surface area contributed by atoms with E-state index in [0.29, 0.717) is 18.9 Å². The zero-order valence-electron chi connectivity index (χ0n) is 15.3. The zero-order valence-corrected chi connectivity index (χ0v) is 15.3. The van der Waals surface area contributed by atoms with Crippen molar-refractivity contribution in [3.05, 3.63) is 82.9 Å². The van der Waals surface area contributed by atoms with Crippen LogP contribution >= 0.6 is 0 Å². The van der Waals surface area contributed by atoms with Crippen LogP contribution in [0.25, 0.3) is 0 Å². The lowest BCUT2D eigenvalue weighted by atomic mass is 10.1. The van der Waals surface area contributed by atoms with Gasteiger partial charge in [0.1, 0.15) is 11.5 Å². The first-order valence-corrected chi connectivity index (χ1v) is 8.72. The molecule has 0 aliphatic rings. The molecule has 2 N–H and O–H groups in total. The Bertz CT molecular complexity index is 941. The number of aromatic nitrogens is 2. The first kappa shape index (κ1) is 18.5. The lowest BCUT2D eigenvalue weighted by Crippen LogP contribution is -2.26. The molecule has 0 spiro atoms. The fourth-order valence-corrected chi connectivity index (χ4v) is 2.61. The van der Waals surface area contributed by atoms with E-state index in [9.17, 15) is 9.18 Å². The molecule has 0 radical (unpaired) electrons. The Morgan fingerprint density at radius 1 is 1.07 bits per heavy atom. The van der Waals surface area contributed by atoms with Crippen LogP contribution in [0.3, 0.4) is 0 Å². The molecule has 3 rings (SSSR count). The van der Waals surface area contributed by atoms with Gasteiger partial charge in [-0.05, 0) is 61.2 Å². The number of nitrogens with zero attached hydrogens (tertiary/aromatic N) is 2. The summed E-state index contributed by atoms with van der Waals surface area (Å²) in [5.74, 6) is -0.175. The van der Waals surface area contributed by atoms with Crippen molar-refractivity contribution >= 4 is 17.5 Å². The van der Waals surface area contributed by atoms with Gasteiger partial charge in [-0.15, -0.1) is 0 Å². The number of rotatable bonds is 6. The molecular weight excluding hydrogens is 343 g/mol. The van der Waals surface area contributed by atoms with Crippen LogP contribution in [0.15, 0.2) is 54.7 Å². The number of carbonyl (C=O) groups is 1. The Morgan fingerprint density at radius 2 is 1.85 bits per heavy atom. The van der Waals surface area contributed by atoms with Crippen molar-refractivity contribution in [3.8, 4) is 0 Å². The molecule has 0 fully saturated rings. The van der Waals surface area contributed by atoms with Crippen LogP contribution in [0.5, 0.6) is 0 Å². The van der Waals surface area contributed by atoms with Crippen LogP contribution in [0.1, 0.15) is 27.2 Å². The van der Waals surface area contributed by atoms with E-state index in [1.807, 2.05) is 32.0 Å². The molecular formula is C21H21FN4O. The number of nitrogens with one attached hydrogen (secondary N) is 2. The summed E-state index contributed by atoms with van der Waals surface area (Å²) in [6, 6.07) is 13.7. The molecule has 5 nitrogen and oxygen atoms in total. The minimum Gasteiger partial charge on any atom is -0.350 e. The molecule has 0 aliphatic carbocycles. The average Bonchev–Trinajstić information content (AvgIpc) is 2.67. The highest BCUT2D eigenvalue weighted by atomic mass is 19.1. The third-order valence-corrected chi connectivity index (χ3v) is 4.35. The second-order valence-corrected chi connectivity index (χ2v) is 6.27. The van der Waals surface area contributed by atoms with Crippen molar-refractivity contribution in [2.75, 3.05) is 11.9 Å². The van der Waals surface area contributed by atoms with E-state index >= 15 is 0 Å². The molecule has 138 valence electrons. The lowest BCUT2D eigenvalue weighted by Gasteiger charge is -2.11. The van der Waals surface area contributed by atoms with Gasteiger partial charge in [0, 0.05) is 18.4 Å². The molecule has 1 aromatic heterocycles. The molecule has 0 saturated heterocycles. The quantitative estimate of drug-likeness (QED) is 0.695. The third kappa shape index (κ3) is 4.88. The number of aryl methyl sites for hydroxylation is 1. The van der Waals surface area contributed by atoms with Gasteiger partial charge in [0.15, 0.2) is 0 Å². The monoisotopic (exact) mass is 364 g/mol. The Balaban J connectivity index is 1.61. The van der Waals surface area contributed by atoms with Gasteiger partial charge in [0.25, 0.3) is 5.91 Å². The lowest BCUT2D eigenvalue weighted by molar-refractivity contribution is 0.0949. The maximum atomic E-state index is 12.9. The van der Waals surface area contributed by atoms with E-state index in [1.165, 1.54) is 12.1 Å². The number of benzene rings is 2. The van der Waals surface area contributed by atoms with Gasteiger partial charge in [0.05, 0.1) is 0 Å². The largest absolute Gasteiger partial charge is 0.350 e. The SMILES string of the molecule is Cc1cccc(Nc2nccc(C(=O)NCCc3ccc(F)cc3)n2)c1C. The summed E-state index contributed by atoms with van der Waals surface area (Å²) in [7, 11) is 0. The predicted molar refractivity (Wildman–Crippen MR) is 104 cm³/mol. The fourth-order valence-electron chi connectivity index (χ4n) is 2.61. The van der Waals surface area contributed by atoms with Crippen molar-refractivity contribution in [2.24, 2.45) is 0 Å². The maximum Gasteiger partial charge on any atom is 0.270 e. The van der Waals surface area contributed by atoms with Gasteiger partial charge in [-0.1, -0.05) is 24.3 Å². The standard InChI is InChI=1S/C21H21FN4O/c1-14-4-3-5-18(15(14)2)25-21-24-13-11-19(26-21)20(27)23-12-10-16-6-8-17(22)9-7-16/h3-9,11,13H,10,12H2,1-2H3,(H,23,27)(H,24,25,26). The molecule has 2 aromatic carbocycles. The van der Waals surface area contributed by atoms with E-state index in [-0.39, 0.29) is 17.4 Å². The Morgan fingerprint density at radius 3 is 2.63 bits per heavy atom. The summed E-state index contributed by atoms with van der Waals surface area (Å²) in [4.78, 5) is 20.8. The smallest absolute Gasteiger partial charge is 0.270 e. The molecule has 0 saturated carbocycles. The third-order valence-electron chi connectivity index (χ3n) is 4.35. The summed E-state index contributed by atoms with van der Waals surface area (Å²) in [5.41, 5.74) is 4.42. The average molecular weight is 364 g/mol. The summed E-state index contributed by atoms with van der Waals surface area (Å²) < 4.78 is 12.9. The van der Waals surface area contributed by atoms with Crippen molar-refractivity contribution in [1.29, 1.82) is 0 Å². The molecule has 0 atom stereocenters. The molecule has 3 aromatic rings. The molecule has 27 heavy (non-hydrogen) atoms. The topological polar surface area (TPSA) is 66.9 Å². The van der Waals surface area contributed by atoms with Crippen molar-refractivity contribution < 1.29 is 9.18 Å². The Labute approximate surface area is 157 Å². The van der Waals surface area contributed by atoms with Crippen LogP contribution in [0, 0.1) is 19.7 Å². The van der Waals surface area contributed by atoms with Crippen LogP contribution in [-0.4, -0.2) is 22.4 Å². The van der Waals surface area contributed by atoms with Crippen molar-refractivity contribution in [3.63, 3.8) is 0 Å². The zero-order chi connectivity index (χ0) is 19.2. The van der Waals surface area contributed by atoms with E-state index in [0.717, 1.165) is 22.4 Å². The Hall–Kier alpha value is -3.28. The number of hydrogen-bond donors (Lipinski definition) is 2. The van der Waals surface area contributed by atoms with Gasteiger partial charge < -0.3 is 10.6 Å². The summed E-state index contributed by atoms with van der Waals surface area (Å²) in [6.07, 6.45) is 2.17. The second-order valence-electron chi connectivity index (χ2n) is 6.27. The van der Waals surface area contributed by atoms with Crippen LogP contribution < -0.4 is 10.6 Å². The Kier molecular flexibility index (Phi) is 5.76.